The second-order valence-electron chi connectivity index (χ2n) is 7.27. The van der Waals surface area contributed by atoms with Crippen LogP contribution in [0, 0.1) is 0 Å². The molecular weight excluding hydrogens is 284 g/mol. The van der Waals surface area contributed by atoms with Gasteiger partial charge < -0.3 is 4.90 Å². The van der Waals surface area contributed by atoms with Gasteiger partial charge in [0.1, 0.15) is 0 Å². The van der Waals surface area contributed by atoms with Crippen molar-refractivity contribution in [2.45, 2.75) is 45.1 Å². The van der Waals surface area contributed by atoms with Crippen molar-refractivity contribution < 1.29 is 4.79 Å². The number of amides is 1. The normalized spacial score (nSPS) is 18.2. The molecule has 1 aliphatic heterocycles. The zero-order valence-electron chi connectivity index (χ0n) is 14.1. The van der Waals surface area contributed by atoms with Crippen LogP contribution in [0.15, 0.2) is 48.8 Å². The topological polar surface area (TPSA) is 33.2 Å². The Morgan fingerprint density at radius 3 is 2.52 bits per heavy atom. The first-order valence-corrected chi connectivity index (χ1v) is 8.28. The maximum Gasteiger partial charge on any atom is 0.254 e. The monoisotopic (exact) mass is 308 g/mol. The van der Waals surface area contributed by atoms with Crippen LogP contribution in [0.25, 0.3) is 0 Å². The minimum absolute atomic E-state index is 0.105. The van der Waals surface area contributed by atoms with Crippen molar-refractivity contribution in [3.8, 4) is 0 Å². The van der Waals surface area contributed by atoms with Gasteiger partial charge >= 0.3 is 0 Å². The van der Waals surface area contributed by atoms with Gasteiger partial charge in [0.25, 0.3) is 5.91 Å². The van der Waals surface area contributed by atoms with E-state index in [2.05, 4.69) is 44.0 Å². The highest BCUT2D eigenvalue weighted by Crippen LogP contribution is 2.33. The minimum atomic E-state index is 0.105. The van der Waals surface area contributed by atoms with Crippen LogP contribution in [0.3, 0.4) is 0 Å². The molecule has 3 nitrogen and oxygen atoms in total. The smallest absolute Gasteiger partial charge is 0.254 e. The highest BCUT2D eigenvalue weighted by molar-refractivity contribution is 5.94. The van der Waals surface area contributed by atoms with Gasteiger partial charge in [0.2, 0.25) is 0 Å². The Bertz CT molecular complexity index is 671. The molecule has 0 bridgehead atoms. The van der Waals surface area contributed by atoms with Crippen molar-refractivity contribution >= 4 is 5.91 Å². The molecule has 1 aromatic carbocycles. The van der Waals surface area contributed by atoms with Crippen LogP contribution < -0.4 is 0 Å². The first kappa shape index (κ1) is 15.7. The summed E-state index contributed by atoms with van der Waals surface area (Å²) in [6, 6.07) is 12.2. The number of nitrogens with zero attached hydrogens (tertiary/aromatic N) is 2. The Hall–Kier alpha value is -2.16. The zero-order valence-corrected chi connectivity index (χ0v) is 14.1. The molecule has 2 aromatic rings. The first-order valence-electron chi connectivity index (χ1n) is 8.28. The summed E-state index contributed by atoms with van der Waals surface area (Å²) in [5.41, 5.74) is 3.26. The maximum absolute atomic E-state index is 12.9. The summed E-state index contributed by atoms with van der Waals surface area (Å²) in [5, 5.41) is 0. The van der Waals surface area contributed by atoms with E-state index in [1.165, 1.54) is 5.56 Å². The molecule has 0 radical (unpaired) electrons. The van der Waals surface area contributed by atoms with Gasteiger partial charge in [-0.15, -0.1) is 0 Å². The average Bonchev–Trinajstić information content (AvgIpc) is 3.04. The maximum atomic E-state index is 12.9. The molecule has 23 heavy (non-hydrogen) atoms. The van der Waals surface area contributed by atoms with E-state index < -0.39 is 0 Å². The third-order valence-electron chi connectivity index (χ3n) is 4.58. The van der Waals surface area contributed by atoms with Gasteiger partial charge in [0, 0.05) is 24.5 Å². The summed E-state index contributed by atoms with van der Waals surface area (Å²) >= 11 is 0. The molecule has 0 aliphatic carbocycles. The number of benzene rings is 1. The van der Waals surface area contributed by atoms with Crippen LogP contribution in [0.1, 0.15) is 61.1 Å². The lowest BCUT2D eigenvalue weighted by atomic mass is 9.86. The number of hydrogen-bond acceptors (Lipinski definition) is 2. The van der Waals surface area contributed by atoms with Crippen LogP contribution in [-0.4, -0.2) is 22.3 Å². The van der Waals surface area contributed by atoms with E-state index in [9.17, 15) is 4.79 Å². The number of carbonyl (C=O) groups excluding carboxylic acids is 1. The van der Waals surface area contributed by atoms with E-state index in [1.54, 1.807) is 6.20 Å². The highest BCUT2D eigenvalue weighted by Gasteiger charge is 2.30. The molecule has 3 rings (SSSR count). The highest BCUT2D eigenvalue weighted by atomic mass is 16.2. The Balaban J connectivity index is 1.82. The molecule has 1 unspecified atom stereocenters. The van der Waals surface area contributed by atoms with Crippen molar-refractivity contribution in [3.63, 3.8) is 0 Å². The lowest BCUT2D eigenvalue weighted by molar-refractivity contribution is 0.0735. The molecule has 1 amide bonds. The SMILES string of the molecule is CC(C)(C)c1ccc(C(=O)N2CCCC2c2cccnc2)cc1. The van der Waals surface area contributed by atoms with Crippen molar-refractivity contribution in [2.24, 2.45) is 0 Å². The van der Waals surface area contributed by atoms with E-state index >= 15 is 0 Å². The second kappa shape index (κ2) is 6.15. The predicted molar refractivity (Wildman–Crippen MR) is 92.4 cm³/mol. The van der Waals surface area contributed by atoms with E-state index in [-0.39, 0.29) is 17.4 Å². The molecule has 1 fully saturated rings. The van der Waals surface area contributed by atoms with E-state index in [0.717, 1.165) is 30.5 Å². The van der Waals surface area contributed by atoms with Crippen LogP contribution in [0.2, 0.25) is 0 Å². The number of aromatic nitrogens is 1. The molecule has 2 heterocycles. The zero-order chi connectivity index (χ0) is 16.4. The predicted octanol–water partition coefficient (Wildman–Crippen LogP) is 4.36. The van der Waals surface area contributed by atoms with Gasteiger partial charge in [0.15, 0.2) is 0 Å². The number of likely N-dealkylation sites (tertiary alicyclic amines) is 1. The third-order valence-corrected chi connectivity index (χ3v) is 4.58. The Labute approximate surface area is 138 Å². The molecule has 1 aromatic heterocycles. The standard InChI is InChI=1S/C20H24N2O/c1-20(2,3)17-10-8-15(9-11-17)19(23)22-13-5-7-18(22)16-6-4-12-21-14-16/h4,6,8-12,14,18H,5,7,13H2,1-3H3. The van der Waals surface area contributed by atoms with Gasteiger partial charge in [-0.25, -0.2) is 0 Å². The van der Waals surface area contributed by atoms with Crippen molar-refractivity contribution in [1.29, 1.82) is 0 Å². The van der Waals surface area contributed by atoms with E-state index in [1.807, 2.05) is 29.3 Å². The minimum Gasteiger partial charge on any atom is -0.332 e. The van der Waals surface area contributed by atoms with Gasteiger partial charge in [-0.1, -0.05) is 39.0 Å². The third kappa shape index (κ3) is 3.29. The number of carbonyl (C=O) groups is 1. The molecule has 3 heteroatoms. The van der Waals surface area contributed by atoms with Crippen LogP contribution in [-0.2, 0) is 5.41 Å². The average molecular weight is 308 g/mol. The number of rotatable bonds is 2. The summed E-state index contributed by atoms with van der Waals surface area (Å²) in [6.07, 6.45) is 5.71. The Morgan fingerprint density at radius 2 is 1.91 bits per heavy atom. The fraction of sp³-hybridized carbons (Fsp3) is 0.400. The fourth-order valence-corrected chi connectivity index (χ4v) is 3.21. The molecule has 1 atom stereocenters. The quantitative estimate of drug-likeness (QED) is 0.826. The molecule has 120 valence electrons. The summed E-state index contributed by atoms with van der Waals surface area (Å²) < 4.78 is 0. The van der Waals surface area contributed by atoms with Crippen LogP contribution >= 0.6 is 0 Å². The summed E-state index contributed by atoms with van der Waals surface area (Å²) in [7, 11) is 0. The van der Waals surface area contributed by atoms with Gasteiger partial charge in [-0.05, 0) is 47.6 Å². The summed E-state index contributed by atoms with van der Waals surface area (Å²) in [6.45, 7) is 7.37. The molecule has 1 aliphatic rings. The second-order valence-corrected chi connectivity index (χ2v) is 7.27. The summed E-state index contributed by atoms with van der Waals surface area (Å²) in [5.74, 6) is 0.122. The van der Waals surface area contributed by atoms with Crippen molar-refractivity contribution in [1.82, 2.24) is 9.88 Å². The lowest BCUT2D eigenvalue weighted by Gasteiger charge is -2.25. The first-order chi connectivity index (χ1) is 11.0. The fourth-order valence-electron chi connectivity index (χ4n) is 3.21. The van der Waals surface area contributed by atoms with Gasteiger partial charge in [-0.2, -0.15) is 0 Å². The van der Waals surface area contributed by atoms with E-state index in [4.69, 9.17) is 0 Å². The number of pyridine rings is 1. The van der Waals surface area contributed by atoms with Crippen LogP contribution in [0.4, 0.5) is 0 Å². The molecular formula is C20H24N2O. The van der Waals surface area contributed by atoms with Crippen molar-refractivity contribution in [3.05, 3.63) is 65.5 Å². The number of hydrogen-bond donors (Lipinski definition) is 0. The summed E-state index contributed by atoms with van der Waals surface area (Å²) in [4.78, 5) is 19.1. The molecule has 1 saturated heterocycles. The largest absolute Gasteiger partial charge is 0.332 e. The van der Waals surface area contributed by atoms with Gasteiger partial charge in [-0.3, -0.25) is 9.78 Å². The van der Waals surface area contributed by atoms with E-state index in [0.29, 0.717) is 0 Å². The van der Waals surface area contributed by atoms with Crippen molar-refractivity contribution in [2.75, 3.05) is 6.54 Å². The Kier molecular flexibility index (Phi) is 4.20. The lowest BCUT2D eigenvalue weighted by Crippen LogP contribution is -2.30. The molecule has 0 saturated carbocycles. The molecule has 0 N–H and O–H groups in total. The van der Waals surface area contributed by atoms with Gasteiger partial charge in [0.05, 0.1) is 6.04 Å². The Morgan fingerprint density at radius 1 is 1.17 bits per heavy atom. The van der Waals surface area contributed by atoms with Crippen LogP contribution in [0.5, 0.6) is 0 Å². The molecule has 0 spiro atoms.